The normalized spacial score (nSPS) is 25.7. The highest BCUT2D eigenvalue weighted by Gasteiger charge is 2.43. The minimum atomic E-state index is -0.923. The number of hydrogen-bond donors (Lipinski definition) is 1. The minimum absolute atomic E-state index is 0.0495. The van der Waals surface area contributed by atoms with Crippen molar-refractivity contribution < 1.29 is 9.18 Å². The second-order valence-corrected chi connectivity index (χ2v) is 4.00. The van der Waals surface area contributed by atoms with Gasteiger partial charge in [0.15, 0.2) is 0 Å². The Morgan fingerprint density at radius 3 is 2.60 bits per heavy atom. The van der Waals surface area contributed by atoms with Gasteiger partial charge in [-0.1, -0.05) is 30.3 Å². The first-order chi connectivity index (χ1) is 7.18. The summed E-state index contributed by atoms with van der Waals surface area (Å²) in [7, 11) is 0. The standard InChI is InChI=1S/C12H14FNO/c1-8(9-5-3-2-4-6-9)14-12(15)10-7-11(10)13/h2-6,8,10-11H,7H2,1H3,(H,14,15). The third-order valence-corrected chi connectivity index (χ3v) is 2.71. The molecule has 3 heteroatoms. The summed E-state index contributed by atoms with van der Waals surface area (Å²) in [5, 5.41) is 2.81. The van der Waals surface area contributed by atoms with Gasteiger partial charge in [0.05, 0.1) is 12.0 Å². The highest BCUT2D eigenvalue weighted by atomic mass is 19.1. The zero-order chi connectivity index (χ0) is 10.8. The molecule has 0 saturated heterocycles. The first-order valence-corrected chi connectivity index (χ1v) is 5.18. The van der Waals surface area contributed by atoms with Gasteiger partial charge in [-0.25, -0.2) is 4.39 Å². The lowest BCUT2D eigenvalue weighted by Crippen LogP contribution is -2.28. The Hall–Kier alpha value is -1.38. The molecule has 1 aromatic carbocycles. The van der Waals surface area contributed by atoms with Gasteiger partial charge in [-0.05, 0) is 18.9 Å². The minimum Gasteiger partial charge on any atom is -0.349 e. The van der Waals surface area contributed by atoms with Crippen LogP contribution in [0.5, 0.6) is 0 Å². The van der Waals surface area contributed by atoms with E-state index in [0.717, 1.165) is 5.56 Å². The molecule has 0 aliphatic heterocycles. The summed E-state index contributed by atoms with van der Waals surface area (Å²) in [4.78, 5) is 11.4. The van der Waals surface area contributed by atoms with Gasteiger partial charge in [0.1, 0.15) is 6.17 Å². The third kappa shape index (κ3) is 2.35. The average Bonchev–Trinajstić information content (AvgIpc) is 2.97. The summed E-state index contributed by atoms with van der Waals surface area (Å²) in [5.41, 5.74) is 1.04. The maximum atomic E-state index is 12.6. The van der Waals surface area contributed by atoms with E-state index in [2.05, 4.69) is 5.32 Å². The van der Waals surface area contributed by atoms with Gasteiger partial charge in [-0.15, -0.1) is 0 Å². The monoisotopic (exact) mass is 207 g/mol. The predicted molar refractivity (Wildman–Crippen MR) is 56.0 cm³/mol. The molecule has 1 aromatic rings. The molecule has 0 radical (unpaired) electrons. The Labute approximate surface area is 88.5 Å². The van der Waals surface area contributed by atoms with E-state index in [1.807, 2.05) is 37.3 Å². The van der Waals surface area contributed by atoms with Crippen LogP contribution in [-0.2, 0) is 4.79 Å². The lowest BCUT2D eigenvalue weighted by atomic mass is 10.1. The molecule has 3 atom stereocenters. The zero-order valence-electron chi connectivity index (χ0n) is 8.61. The van der Waals surface area contributed by atoms with Crippen LogP contribution in [0, 0.1) is 5.92 Å². The quantitative estimate of drug-likeness (QED) is 0.809. The fraction of sp³-hybridized carbons (Fsp3) is 0.417. The highest BCUT2D eigenvalue weighted by molar-refractivity contribution is 5.82. The van der Waals surface area contributed by atoms with Gasteiger partial charge in [-0.2, -0.15) is 0 Å². The fourth-order valence-electron chi connectivity index (χ4n) is 1.58. The van der Waals surface area contributed by atoms with E-state index >= 15 is 0 Å². The Kier molecular flexibility index (Phi) is 2.71. The van der Waals surface area contributed by atoms with Crippen molar-refractivity contribution >= 4 is 5.91 Å². The van der Waals surface area contributed by atoms with Crippen molar-refractivity contribution in [1.29, 1.82) is 0 Å². The number of carbonyl (C=O) groups excluding carboxylic acids is 1. The molecule has 1 fully saturated rings. The van der Waals surface area contributed by atoms with Crippen molar-refractivity contribution in [3.8, 4) is 0 Å². The number of alkyl halides is 1. The van der Waals surface area contributed by atoms with Crippen LogP contribution in [-0.4, -0.2) is 12.1 Å². The third-order valence-electron chi connectivity index (χ3n) is 2.71. The van der Waals surface area contributed by atoms with E-state index in [9.17, 15) is 9.18 Å². The second-order valence-electron chi connectivity index (χ2n) is 4.00. The van der Waals surface area contributed by atoms with Gasteiger partial charge in [0.2, 0.25) is 5.91 Å². The van der Waals surface area contributed by atoms with E-state index in [1.165, 1.54) is 0 Å². The number of benzene rings is 1. The molecule has 1 N–H and O–H groups in total. The van der Waals surface area contributed by atoms with Gasteiger partial charge < -0.3 is 5.32 Å². The number of carbonyl (C=O) groups is 1. The molecule has 2 rings (SSSR count). The second kappa shape index (κ2) is 4.01. The van der Waals surface area contributed by atoms with Crippen LogP contribution in [0.3, 0.4) is 0 Å². The topological polar surface area (TPSA) is 29.1 Å². The largest absolute Gasteiger partial charge is 0.349 e. The van der Waals surface area contributed by atoms with E-state index in [-0.39, 0.29) is 11.9 Å². The average molecular weight is 207 g/mol. The van der Waals surface area contributed by atoms with Crippen LogP contribution < -0.4 is 5.32 Å². The molecular formula is C12H14FNO. The summed E-state index contributed by atoms with van der Waals surface area (Å²) in [6.07, 6.45) is -0.541. The molecule has 15 heavy (non-hydrogen) atoms. The molecule has 1 saturated carbocycles. The lowest BCUT2D eigenvalue weighted by molar-refractivity contribution is -0.123. The Morgan fingerprint density at radius 1 is 1.47 bits per heavy atom. The Balaban J connectivity index is 1.92. The number of hydrogen-bond acceptors (Lipinski definition) is 1. The van der Waals surface area contributed by atoms with Gasteiger partial charge in [0, 0.05) is 0 Å². The first-order valence-electron chi connectivity index (χ1n) is 5.18. The van der Waals surface area contributed by atoms with Crippen molar-refractivity contribution in [1.82, 2.24) is 5.32 Å². The van der Waals surface area contributed by atoms with E-state index < -0.39 is 12.1 Å². The summed E-state index contributed by atoms with van der Waals surface area (Å²) >= 11 is 0. The van der Waals surface area contributed by atoms with E-state index in [4.69, 9.17) is 0 Å². The molecule has 0 spiro atoms. The maximum absolute atomic E-state index is 12.6. The van der Waals surface area contributed by atoms with Gasteiger partial charge >= 0.3 is 0 Å². The van der Waals surface area contributed by atoms with Crippen molar-refractivity contribution in [2.24, 2.45) is 5.92 Å². The van der Waals surface area contributed by atoms with Crippen molar-refractivity contribution in [3.05, 3.63) is 35.9 Å². The molecule has 0 heterocycles. The molecule has 3 unspecified atom stereocenters. The van der Waals surface area contributed by atoms with Crippen LogP contribution >= 0.6 is 0 Å². The first kappa shape index (κ1) is 10.1. The number of halogens is 1. The molecule has 1 amide bonds. The molecule has 80 valence electrons. The van der Waals surface area contributed by atoms with Crippen molar-refractivity contribution in [2.45, 2.75) is 25.6 Å². The molecule has 1 aliphatic rings. The molecule has 1 aliphatic carbocycles. The van der Waals surface area contributed by atoms with Crippen molar-refractivity contribution in [2.75, 3.05) is 0 Å². The van der Waals surface area contributed by atoms with Crippen LogP contribution in [0.1, 0.15) is 24.9 Å². The lowest BCUT2D eigenvalue weighted by Gasteiger charge is -2.13. The molecule has 2 nitrogen and oxygen atoms in total. The maximum Gasteiger partial charge on any atom is 0.226 e. The number of rotatable bonds is 3. The van der Waals surface area contributed by atoms with Crippen LogP contribution in [0.2, 0.25) is 0 Å². The predicted octanol–water partition coefficient (Wildman–Crippen LogP) is 2.22. The smallest absolute Gasteiger partial charge is 0.226 e. The summed E-state index contributed by atoms with van der Waals surface area (Å²) in [5.74, 6) is -0.574. The van der Waals surface area contributed by atoms with Gasteiger partial charge in [-0.3, -0.25) is 4.79 Å². The van der Waals surface area contributed by atoms with Crippen molar-refractivity contribution in [3.63, 3.8) is 0 Å². The Bertz CT molecular complexity index is 352. The number of amides is 1. The Morgan fingerprint density at radius 2 is 2.07 bits per heavy atom. The van der Waals surface area contributed by atoms with E-state index in [1.54, 1.807) is 0 Å². The zero-order valence-corrected chi connectivity index (χ0v) is 8.61. The summed E-state index contributed by atoms with van der Waals surface area (Å²) < 4.78 is 12.6. The van der Waals surface area contributed by atoms with Crippen LogP contribution in [0.4, 0.5) is 4.39 Å². The summed E-state index contributed by atoms with van der Waals surface area (Å²) in [6, 6.07) is 9.62. The fourth-order valence-corrected chi connectivity index (χ4v) is 1.58. The molecule has 0 aromatic heterocycles. The van der Waals surface area contributed by atoms with Gasteiger partial charge in [0.25, 0.3) is 0 Å². The van der Waals surface area contributed by atoms with Crippen LogP contribution in [0.15, 0.2) is 30.3 Å². The number of nitrogens with one attached hydrogen (secondary N) is 1. The van der Waals surface area contributed by atoms with Crippen LogP contribution in [0.25, 0.3) is 0 Å². The molecule has 0 bridgehead atoms. The molecular weight excluding hydrogens is 193 g/mol. The summed E-state index contributed by atoms with van der Waals surface area (Å²) in [6.45, 7) is 1.91. The SMILES string of the molecule is CC(NC(=O)C1CC1F)c1ccccc1. The van der Waals surface area contributed by atoms with E-state index in [0.29, 0.717) is 6.42 Å². The highest BCUT2D eigenvalue weighted by Crippen LogP contribution is 2.34.